The van der Waals surface area contributed by atoms with Gasteiger partial charge in [0, 0.05) is 38.0 Å². The number of rotatable bonds is 6. The van der Waals surface area contributed by atoms with Crippen molar-refractivity contribution >= 4 is 29.0 Å². The molecule has 0 atom stereocenters. The number of carbonyl (C=O) groups excluding carboxylic acids is 1. The largest absolute Gasteiger partial charge is 0.379 e. The highest BCUT2D eigenvalue weighted by atomic mass is 32.2. The highest BCUT2D eigenvalue weighted by Crippen LogP contribution is 2.25. The van der Waals surface area contributed by atoms with Crippen LogP contribution in [0.4, 0.5) is 11.4 Å². The molecule has 0 saturated carbocycles. The lowest BCUT2D eigenvalue weighted by atomic mass is 10.1. The Bertz CT molecular complexity index is 477. The molecule has 0 unspecified atom stereocenters. The Balaban J connectivity index is 3.03. The number of carbonyl (C=O) groups is 1. The van der Waals surface area contributed by atoms with Crippen molar-refractivity contribution in [3.8, 4) is 0 Å². The molecule has 19 heavy (non-hydrogen) atoms. The van der Waals surface area contributed by atoms with Crippen molar-refractivity contribution in [1.29, 1.82) is 0 Å². The van der Waals surface area contributed by atoms with Crippen LogP contribution < -0.4 is 5.32 Å². The first kappa shape index (κ1) is 15.3. The molecular weight excluding hydrogens is 266 g/mol. The average molecular weight is 283 g/mol. The van der Waals surface area contributed by atoms with Crippen LogP contribution in [0.1, 0.15) is 10.4 Å². The van der Waals surface area contributed by atoms with Crippen LogP contribution in [-0.2, 0) is 0 Å². The van der Waals surface area contributed by atoms with E-state index in [-0.39, 0.29) is 11.6 Å². The third-order valence-electron chi connectivity index (χ3n) is 2.47. The summed E-state index contributed by atoms with van der Waals surface area (Å²) in [5, 5.41) is 13.9. The topological polar surface area (TPSA) is 75.5 Å². The van der Waals surface area contributed by atoms with Crippen molar-refractivity contribution in [2.45, 2.75) is 0 Å². The summed E-state index contributed by atoms with van der Waals surface area (Å²) in [6, 6.07) is 4.36. The summed E-state index contributed by atoms with van der Waals surface area (Å²) < 4.78 is 0. The number of thioether (sulfide) groups is 1. The molecule has 1 aromatic carbocycles. The summed E-state index contributed by atoms with van der Waals surface area (Å²) in [6.07, 6.45) is 1.96. The highest BCUT2D eigenvalue weighted by molar-refractivity contribution is 7.98. The number of nitrogens with one attached hydrogen (secondary N) is 1. The first-order valence-electron chi connectivity index (χ1n) is 5.70. The molecule has 0 bridgehead atoms. The Morgan fingerprint density at radius 1 is 1.47 bits per heavy atom. The van der Waals surface area contributed by atoms with Crippen LogP contribution in [-0.4, -0.2) is 48.4 Å². The van der Waals surface area contributed by atoms with E-state index in [9.17, 15) is 14.9 Å². The molecule has 7 heteroatoms. The zero-order valence-electron chi connectivity index (χ0n) is 11.2. The van der Waals surface area contributed by atoms with Crippen molar-refractivity contribution in [1.82, 2.24) is 4.90 Å². The summed E-state index contributed by atoms with van der Waals surface area (Å²) in [5.41, 5.74) is 0.797. The second-order valence-corrected chi connectivity index (χ2v) is 5.09. The molecule has 1 amide bonds. The monoisotopic (exact) mass is 283 g/mol. The zero-order valence-corrected chi connectivity index (χ0v) is 12.0. The van der Waals surface area contributed by atoms with Crippen LogP contribution in [0.3, 0.4) is 0 Å². The highest BCUT2D eigenvalue weighted by Gasteiger charge is 2.17. The van der Waals surface area contributed by atoms with Gasteiger partial charge in [0.15, 0.2) is 0 Å². The van der Waals surface area contributed by atoms with Gasteiger partial charge in [-0.3, -0.25) is 14.9 Å². The molecule has 1 aromatic rings. The quantitative estimate of drug-likeness (QED) is 0.491. The Morgan fingerprint density at radius 3 is 2.68 bits per heavy atom. The molecule has 1 rings (SSSR count). The maximum Gasteiger partial charge on any atom is 0.292 e. The first-order valence-corrected chi connectivity index (χ1v) is 7.09. The summed E-state index contributed by atoms with van der Waals surface area (Å²) >= 11 is 1.64. The van der Waals surface area contributed by atoms with Gasteiger partial charge in [-0.25, -0.2) is 0 Å². The van der Waals surface area contributed by atoms with Gasteiger partial charge in [-0.05, 0) is 18.4 Å². The number of amides is 1. The standard InChI is InChI=1S/C12H17N3O3S/c1-14(2)12(16)9-4-5-11(15(17)18)10(8-9)13-6-7-19-3/h4-5,8,13H,6-7H2,1-3H3. The summed E-state index contributed by atoms with van der Waals surface area (Å²) in [7, 11) is 3.29. The zero-order chi connectivity index (χ0) is 14.4. The molecule has 0 aliphatic carbocycles. The third kappa shape index (κ3) is 4.13. The van der Waals surface area contributed by atoms with Gasteiger partial charge in [0.25, 0.3) is 11.6 Å². The predicted molar refractivity (Wildman–Crippen MR) is 78.0 cm³/mol. The van der Waals surface area contributed by atoms with Crippen molar-refractivity contribution in [3.63, 3.8) is 0 Å². The van der Waals surface area contributed by atoms with Crippen LogP contribution in [0.25, 0.3) is 0 Å². The van der Waals surface area contributed by atoms with Gasteiger partial charge in [-0.1, -0.05) is 0 Å². The summed E-state index contributed by atoms with van der Waals surface area (Å²) in [5.74, 6) is 0.658. The lowest BCUT2D eigenvalue weighted by Gasteiger charge is -2.12. The van der Waals surface area contributed by atoms with E-state index in [1.807, 2.05) is 6.26 Å². The molecule has 0 heterocycles. The fraction of sp³-hybridized carbons (Fsp3) is 0.417. The number of nitro groups is 1. The van der Waals surface area contributed by atoms with E-state index in [4.69, 9.17) is 0 Å². The van der Waals surface area contributed by atoms with Crippen molar-refractivity contribution in [2.24, 2.45) is 0 Å². The van der Waals surface area contributed by atoms with Gasteiger partial charge >= 0.3 is 0 Å². The normalized spacial score (nSPS) is 10.1. The lowest BCUT2D eigenvalue weighted by molar-refractivity contribution is -0.384. The van der Waals surface area contributed by atoms with E-state index >= 15 is 0 Å². The molecule has 104 valence electrons. The molecule has 0 aliphatic rings. The van der Waals surface area contributed by atoms with E-state index < -0.39 is 4.92 Å². The van der Waals surface area contributed by atoms with Gasteiger partial charge in [0.1, 0.15) is 5.69 Å². The number of nitrogens with zero attached hydrogens (tertiary/aromatic N) is 2. The number of anilines is 1. The third-order valence-corrected chi connectivity index (χ3v) is 3.08. The van der Waals surface area contributed by atoms with Crippen LogP contribution in [0.5, 0.6) is 0 Å². The summed E-state index contributed by atoms with van der Waals surface area (Å²) in [4.78, 5) is 23.8. The molecule has 0 aromatic heterocycles. The van der Waals surface area contributed by atoms with E-state index in [0.717, 1.165) is 5.75 Å². The minimum absolute atomic E-state index is 0.0172. The second-order valence-electron chi connectivity index (χ2n) is 4.11. The van der Waals surface area contributed by atoms with E-state index in [2.05, 4.69) is 5.32 Å². The molecule has 0 spiro atoms. The molecule has 0 saturated heterocycles. The van der Waals surface area contributed by atoms with Crippen molar-refractivity contribution in [2.75, 3.05) is 38.0 Å². The van der Waals surface area contributed by atoms with Gasteiger partial charge in [-0.15, -0.1) is 0 Å². The van der Waals surface area contributed by atoms with Crippen LogP contribution in [0.2, 0.25) is 0 Å². The lowest BCUT2D eigenvalue weighted by Crippen LogP contribution is -2.21. The minimum Gasteiger partial charge on any atom is -0.379 e. The first-order chi connectivity index (χ1) is 8.97. The van der Waals surface area contributed by atoms with Gasteiger partial charge in [0.2, 0.25) is 0 Å². The molecule has 0 aliphatic heterocycles. The van der Waals surface area contributed by atoms with Crippen LogP contribution in [0.15, 0.2) is 18.2 Å². The Morgan fingerprint density at radius 2 is 2.16 bits per heavy atom. The average Bonchev–Trinajstić information content (AvgIpc) is 2.37. The minimum atomic E-state index is -0.453. The SMILES string of the molecule is CSCCNc1cc(C(=O)N(C)C)ccc1[N+](=O)[O-]. The molecule has 0 radical (unpaired) electrons. The van der Waals surface area contributed by atoms with Crippen LogP contribution >= 0.6 is 11.8 Å². The molecule has 6 nitrogen and oxygen atoms in total. The molecule has 1 N–H and O–H groups in total. The van der Waals surface area contributed by atoms with E-state index in [1.54, 1.807) is 25.9 Å². The number of benzene rings is 1. The van der Waals surface area contributed by atoms with Gasteiger partial charge in [0.05, 0.1) is 4.92 Å². The molecular formula is C12H17N3O3S. The summed E-state index contributed by atoms with van der Waals surface area (Å²) in [6.45, 7) is 0.613. The fourth-order valence-corrected chi connectivity index (χ4v) is 1.82. The number of hydrogen-bond acceptors (Lipinski definition) is 5. The maximum absolute atomic E-state index is 11.8. The molecule has 0 fully saturated rings. The predicted octanol–water partition coefficient (Wildman–Crippen LogP) is 2.07. The van der Waals surface area contributed by atoms with Gasteiger partial charge in [-0.2, -0.15) is 11.8 Å². The fourth-order valence-electron chi connectivity index (χ4n) is 1.52. The number of hydrogen-bond donors (Lipinski definition) is 1. The smallest absolute Gasteiger partial charge is 0.292 e. The van der Waals surface area contributed by atoms with E-state index in [1.165, 1.54) is 23.1 Å². The van der Waals surface area contributed by atoms with Crippen molar-refractivity contribution in [3.05, 3.63) is 33.9 Å². The Labute approximate surface area is 116 Å². The van der Waals surface area contributed by atoms with Crippen molar-refractivity contribution < 1.29 is 9.72 Å². The van der Waals surface area contributed by atoms with E-state index in [0.29, 0.717) is 17.8 Å². The maximum atomic E-state index is 11.8. The Kier molecular flexibility index (Phi) is 5.62. The van der Waals surface area contributed by atoms with Crippen LogP contribution in [0, 0.1) is 10.1 Å². The Hall–Kier alpha value is -1.76. The number of nitro benzene ring substituents is 1. The second kappa shape index (κ2) is 6.98. The van der Waals surface area contributed by atoms with Gasteiger partial charge < -0.3 is 10.2 Å².